The van der Waals surface area contributed by atoms with Gasteiger partial charge in [-0.05, 0) is 97.1 Å². The number of benzene rings is 7. The zero-order valence-electron chi connectivity index (χ0n) is 28.1. The topological polar surface area (TPSA) is 108 Å². The monoisotopic (exact) mass is 675 g/mol. The lowest BCUT2D eigenvalue weighted by Crippen LogP contribution is -2.09. The van der Waals surface area contributed by atoms with Gasteiger partial charge in [0, 0.05) is 50.0 Å². The molecule has 0 aliphatic rings. The fourth-order valence-electron chi connectivity index (χ4n) is 7.52. The van der Waals surface area contributed by atoms with Crippen LogP contribution >= 0.6 is 0 Å². The molecular formula is C46H25N7. The number of nitrogens with zero attached hydrogens (tertiary/aromatic N) is 7. The van der Waals surface area contributed by atoms with Crippen molar-refractivity contribution in [3.63, 3.8) is 0 Å². The molecule has 7 aromatic carbocycles. The van der Waals surface area contributed by atoms with Crippen molar-refractivity contribution in [1.82, 2.24) is 9.13 Å². The maximum atomic E-state index is 9.75. The van der Waals surface area contributed by atoms with E-state index in [1.807, 2.05) is 66.7 Å². The molecule has 0 bridgehead atoms. The molecule has 0 N–H and O–H groups in total. The first kappa shape index (κ1) is 30.9. The van der Waals surface area contributed by atoms with Gasteiger partial charge in [-0.3, -0.25) is 0 Å². The van der Waals surface area contributed by atoms with Crippen molar-refractivity contribution in [2.45, 2.75) is 0 Å². The highest BCUT2D eigenvalue weighted by molar-refractivity contribution is 6.12. The SMILES string of the molecule is N#Cc1cc(C#N)cc(-n2c3ccccc3c3cc(N(c4ccccc4)c4ccc5c(c4)c4ccccc4n5-c4cc(C#N)cc(C#N)c4)ccc32)c1. The van der Waals surface area contributed by atoms with Crippen molar-refractivity contribution in [2.75, 3.05) is 4.90 Å². The largest absolute Gasteiger partial charge is 0.310 e. The third-order valence-electron chi connectivity index (χ3n) is 9.71. The number of rotatable bonds is 5. The van der Waals surface area contributed by atoms with Crippen molar-refractivity contribution < 1.29 is 0 Å². The molecule has 9 rings (SSSR count). The standard InChI is InChI=1S/C46H25N7/c47-26-30-18-31(27-48)21-37(20-30)52-43-12-6-4-10-39(43)41-24-35(14-16-45(41)52)51(34-8-2-1-3-9-34)36-15-17-46-42(25-36)40-11-5-7-13-44(40)53(46)38-22-32(28-49)19-33(23-38)29-50/h1-25H. The summed E-state index contributed by atoms with van der Waals surface area (Å²) in [5.41, 5.74) is 9.97. The second kappa shape index (κ2) is 12.3. The van der Waals surface area contributed by atoms with E-state index in [4.69, 9.17) is 0 Å². The van der Waals surface area contributed by atoms with E-state index < -0.39 is 0 Å². The molecule has 2 aromatic heterocycles. The fraction of sp³-hybridized carbons (Fsp3) is 0. The lowest BCUT2D eigenvalue weighted by atomic mass is 10.1. The zero-order chi connectivity index (χ0) is 36.1. The van der Waals surface area contributed by atoms with Gasteiger partial charge in [0.2, 0.25) is 0 Å². The van der Waals surface area contributed by atoms with Crippen LogP contribution < -0.4 is 4.90 Å². The summed E-state index contributed by atoms with van der Waals surface area (Å²) in [5, 5.41) is 43.2. The van der Waals surface area contributed by atoms with Gasteiger partial charge in [-0.2, -0.15) is 21.0 Å². The highest BCUT2D eigenvalue weighted by Crippen LogP contribution is 2.42. The van der Waals surface area contributed by atoms with Crippen LogP contribution in [0.5, 0.6) is 0 Å². The Balaban J connectivity index is 1.27. The Bertz CT molecular complexity index is 2860. The van der Waals surface area contributed by atoms with E-state index in [-0.39, 0.29) is 0 Å². The van der Waals surface area contributed by atoms with Crippen molar-refractivity contribution in [3.05, 3.63) is 174 Å². The smallest absolute Gasteiger partial charge is 0.0992 e. The summed E-state index contributed by atoms with van der Waals surface area (Å²) >= 11 is 0. The molecule has 0 radical (unpaired) electrons. The molecular weight excluding hydrogens is 651 g/mol. The molecule has 244 valence electrons. The summed E-state index contributed by atoms with van der Waals surface area (Å²) in [6, 6.07) is 58.7. The Hall–Kier alpha value is -8.10. The Morgan fingerprint density at radius 1 is 0.340 bits per heavy atom. The van der Waals surface area contributed by atoms with E-state index in [1.165, 1.54) is 0 Å². The molecule has 0 spiro atoms. The molecule has 9 aromatic rings. The Morgan fingerprint density at radius 3 is 1.13 bits per heavy atom. The number of hydrogen-bond acceptors (Lipinski definition) is 5. The predicted molar refractivity (Wildman–Crippen MR) is 209 cm³/mol. The quantitative estimate of drug-likeness (QED) is 0.180. The molecule has 0 amide bonds. The van der Waals surface area contributed by atoms with Crippen molar-refractivity contribution >= 4 is 60.7 Å². The Labute approximate surface area is 304 Å². The van der Waals surface area contributed by atoms with Gasteiger partial charge in [0.05, 0.1) is 68.6 Å². The van der Waals surface area contributed by atoms with E-state index in [0.29, 0.717) is 22.3 Å². The maximum absolute atomic E-state index is 9.75. The Morgan fingerprint density at radius 2 is 0.717 bits per heavy atom. The predicted octanol–water partition coefficient (Wildman–Crippen LogP) is 10.8. The summed E-state index contributed by atoms with van der Waals surface area (Å²) in [6.07, 6.45) is 0. The van der Waals surface area contributed by atoms with E-state index in [9.17, 15) is 21.0 Å². The molecule has 0 saturated carbocycles. The van der Waals surface area contributed by atoms with Gasteiger partial charge >= 0.3 is 0 Å². The minimum atomic E-state index is 0.428. The molecule has 53 heavy (non-hydrogen) atoms. The van der Waals surface area contributed by atoms with Crippen molar-refractivity contribution in [1.29, 1.82) is 21.0 Å². The van der Waals surface area contributed by atoms with E-state index in [2.05, 4.69) is 111 Å². The lowest BCUT2D eigenvalue weighted by molar-refractivity contribution is 1.17. The highest BCUT2D eigenvalue weighted by atomic mass is 15.1. The molecule has 0 aliphatic heterocycles. The average molecular weight is 676 g/mol. The van der Waals surface area contributed by atoms with Crippen LogP contribution in [0.2, 0.25) is 0 Å². The maximum Gasteiger partial charge on any atom is 0.0992 e. The van der Waals surface area contributed by atoms with Gasteiger partial charge in [-0.1, -0.05) is 54.6 Å². The van der Waals surface area contributed by atoms with Gasteiger partial charge in [-0.25, -0.2) is 0 Å². The summed E-state index contributed by atoms with van der Waals surface area (Å²) < 4.78 is 4.23. The summed E-state index contributed by atoms with van der Waals surface area (Å²) in [6.45, 7) is 0. The van der Waals surface area contributed by atoms with Crippen LogP contribution in [-0.4, -0.2) is 9.13 Å². The molecule has 0 fully saturated rings. The number of para-hydroxylation sites is 3. The Kier molecular flexibility index (Phi) is 7.20. The minimum Gasteiger partial charge on any atom is -0.310 e. The second-order valence-electron chi connectivity index (χ2n) is 12.8. The third-order valence-corrected chi connectivity index (χ3v) is 9.71. The number of anilines is 3. The molecule has 2 heterocycles. The summed E-state index contributed by atoms with van der Waals surface area (Å²) in [7, 11) is 0. The third kappa shape index (κ3) is 5.02. The average Bonchev–Trinajstić information content (AvgIpc) is 3.73. The molecule has 7 nitrogen and oxygen atoms in total. The zero-order valence-corrected chi connectivity index (χ0v) is 28.1. The molecule has 0 atom stereocenters. The summed E-state index contributed by atoms with van der Waals surface area (Å²) in [5.74, 6) is 0. The lowest BCUT2D eigenvalue weighted by Gasteiger charge is -2.26. The highest BCUT2D eigenvalue weighted by Gasteiger charge is 2.20. The first-order chi connectivity index (χ1) is 26.1. The van der Waals surface area contributed by atoms with Crippen LogP contribution in [0.15, 0.2) is 152 Å². The van der Waals surface area contributed by atoms with E-state index >= 15 is 0 Å². The van der Waals surface area contributed by atoms with E-state index in [1.54, 1.807) is 12.1 Å². The van der Waals surface area contributed by atoms with Gasteiger partial charge in [0.15, 0.2) is 0 Å². The van der Waals surface area contributed by atoms with Crippen molar-refractivity contribution in [3.8, 4) is 35.7 Å². The summed E-state index contributed by atoms with van der Waals surface area (Å²) in [4.78, 5) is 2.24. The van der Waals surface area contributed by atoms with Gasteiger partial charge in [-0.15, -0.1) is 0 Å². The first-order valence-electron chi connectivity index (χ1n) is 16.9. The van der Waals surface area contributed by atoms with Crippen LogP contribution in [0.25, 0.3) is 55.0 Å². The fourth-order valence-corrected chi connectivity index (χ4v) is 7.52. The van der Waals surface area contributed by atoms with Crippen LogP contribution in [0.1, 0.15) is 22.3 Å². The van der Waals surface area contributed by atoms with E-state index in [0.717, 1.165) is 72.0 Å². The van der Waals surface area contributed by atoms with Gasteiger partial charge in [0.25, 0.3) is 0 Å². The van der Waals surface area contributed by atoms with Gasteiger partial charge < -0.3 is 14.0 Å². The normalized spacial score (nSPS) is 10.9. The second-order valence-corrected chi connectivity index (χ2v) is 12.8. The van der Waals surface area contributed by atoms with Crippen LogP contribution in [0.4, 0.5) is 17.1 Å². The number of aromatic nitrogens is 2. The number of hydrogen-bond donors (Lipinski definition) is 0. The number of fused-ring (bicyclic) bond motifs is 6. The number of nitriles is 4. The molecule has 0 unspecified atom stereocenters. The molecule has 7 heteroatoms. The van der Waals surface area contributed by atoms with Crippen LogP contribution in [-0.2, 0) is 0 Å². The minimum absolute atomic E-state index is 0.428. The van der Waals surface area contributed by atoms with Crippen LogP contribution in [0, 0.1) is 45.3 Å². The first-order valence-corrected chi connectivity index (χ1v) is 16.9. The van der Waals surface area contributed by atoms with Gasteiger partial charge in [0.1, 0.15) is 0 Å². The molecule has 0 saturated heterocycles. The van der Waals surface area contributed by atoms with Crippen molar-refractivity contribution in [2.24, 2.45) is 0 Å². The van der Waals surface area contributed by atoms with Crippen LogP contribution in [0.3, 0.4) is 0 Å². The molecule has 0 aliphatic carbocycles.